The fourth-order valence-electron chi connectivity index (χ4n) is 2.43. The fourth-order valence-corrected chi connectivity index (χ4v) is 2.43. The van der Waals surface area contributed by atoms with Crippen molar-refractivity contribution in [2.45, 2.75) is 19.4 Å². The summed E-state index contributed by atoms with van der Waals surface area (Å²) in [5.74, 6) is 0. The minimum Gasteiger partial charge on any atom is -0.454 e. The van der Waals surface area contributed by atoms with Crippen LogP contribution < -0.4 is 10.7 Å². The molecule has 4 nitrogen and oxygen atoms in total. The average Bonchev–Trinajstić information content (AvgIpc) is 2.53. The van der Waals surface area contributed by atoms with Gasteiger partial charge in [0.15, 0.2) is 5.58 Å². The van der Waals surface area contributed by atoms with E-state index in [1.54, 1.807) is 18.2 Å². The van der Waals surface area contributed by atoms with E-state index < -0.39 is 0 Å². The zero-order chi connectivity index (χ0) is 14.8. The standard InChI is InChI=1S/C17H17NO3/c1-2-11(10-19)18-14-8-5-7-13-16(20)12-6-3-4-9-15(12)21-17(13)14/h3-9,11,18-19H,2,10H2,1H3/t11-/m0/s1. The highest BCUT2D eigenvalue weighted by Gasteiger charge is 2.12. The molecular formula is C17H17NO3. The number of hydrogen-bond acceptors (Lipinski definition) is 4. The van der Waals surface area contributed by atoms with Crippen molar-refractivity contribution in [1.29, 1.82) is 0 Å². The van der Waals surface area contributed by atoms with E-state index in [4.69, 9.17) is 4.42 Å². The minimum absolute atomic E-state index is 0.0324. The van der Waals surface area contributed by atoms with Crippen LogP contribution in [0, 0.1) is 0 Å². The molecule has 0 fully saturated rings. The number of anilines is 1. The van der Waals surface area contributed by atoms with Crippen LogP contribution in [-0.2, 0) is 0 Å². The van der Waals surface area contributed by atoms with Crippen LogP contribution in [0.1, 0.15) is 13.3 Å². The molecule has 0 unspecified atom stereocenters. The van der Waals surface area contributed by atoms with Crippen molar-refractivity contribution in [3.8, 4) is 0 Å². The minimum atomic E-state index is -0.0626. The third-order valence-corrected chi connectivity index (χ3v) is 3.68. The molecular weight excluding hydrogens is 266 g/mol. The molecule has 0 aliphatic rings. The monoisotopic (exact) mass is 283 g/mol. The maximum Gasteiger partial charge on any atom is 0.200 e. The van der Waals surface area contributed by atoms with Gasteiger partial charge in [-0.25, -0.2) is 0 Å². The lowest BCUT2D eigenvalue weighted by Crippen LogP contribution is -2.22. The summed E-state index contributed by atoms with van der Waals surface area (Å²) >= 11 is 0. The van der Waals surface area contributed by atoms with Gasteiger partial charge in [-0.15, -0.1) is 0 Å². The molecule has 3 rings (SSSR count). The van der Waals surface area contributed by atoms with E-state index in [1.807, 2.05) is 31.2 Å². The van der Waals surface area contributed by atoms with Crippen molar-refractivity contribution in [3.05, 3.63) is 52.7 Å². The van der Waals surface area contributed by atoms with Gasteiger partial charge >= 0.3 is 0 Å². The number of nitrogens with one attached hydrogen (secondary N) is 1. The Morgan fingerprint density at radius 3 is 2.67 bits per heavy atom. The highest BCUT2D eigenvalue weighted by Crippen LogP contribution is 2.25. The molecule has 0 saturated carbocycles. The molecule has 2 N–H and O–H groups in total. The van der Waals surface area contributed by atoms with Crippen LogP contribution in [0.25, 0.3) is 21.9 Å². The van der Waals surface area contributed by atoms with Gasteiger partial charge in [0.05, 0.1) is 23.1 Å². The number of rotatable bonds is 4. The number of aliphatic hydroxyl groups excluding tert-OH is 1. The second-order valence-corrected chi connectivity index (χ2v) is 5.04. The highest BCUT2D eigenvalue weighted by molar-refractivity contribution is 5.95. The molecule has 0 bridgehead atoms. The molecule has 108 valence electrons. The molecule has 21 heavy (non-hydrogen) atoms. The van der Waals surface area contributed by atoms with Gasteiger partial charge in [0.1, 0.15) is 5.58 Å². The van der Waals surface area contributed by atoms with Crippen molar-refractivity contribution in [3.63, 3.8) is 0 Å². The van der Waals surface area contributed by atoms with Gasteiger partial charge in [0.2, 0.25) is 5.43 Å². The SMILES string of the molecule is CC[C@@H](CO)Nc1cccc2c(=O)c3ccccc3oc12. The molecule has 1 aromatic heterocycles. The molecule has 2 aromatic carbocycles. The van der Waals surface area contributed by atoms with E-state index in [1.165, 1.54) is 0 Å². The van der Waals surface area contributed by atoms with Crippen molar-refractivity contribution < 1.29 is 9.52 Å². The molecule has 1 atom stereocenters. The Morgan fingerprint density at radius 2 is 1.90 bits per heavy atom. The summed E-state index contributed by atoms with van der Waals surface area (Å²) in [6.07, 6.45) is 0.782. The first-order chi connectivity index (χ1) is 10.2. The molecule has 0 aliphatic heterocycles. The Bertz CT molecular complexity index is 834. The van der Waals surface area contributed by atoms with E-state index >= 15 is 0 Å². The van der Waals surface area contributed by atoms with Gasteiger partial charge in [-0.2, -0.15) is 0 Å². The highest BCUT2D eigenvalue weighted by atomic mass is 16.3. The zero-order valence-corrected chi connectivity index (χ0v) is 11.8. The van der Waals surface area contributed by atoms with Gasteiger partial charge < -0.3 is 14.8 Å². The van der Waals surface area contributed by atoms with Gasteiger partial charge in [0.25, 0.3) is 0 Å². The summed E-state index contributed by atoms with van der Waals surface area (Å²) in [5.41, 5.74) is 1.80. The van der Waals surface area contributed by atoms with Crippen molar-refractivity contribution in [2.24, 2.45) is 0 Å². The lowest BCUT2D eigenvalue weighted by Gasteiger charge is -2.16. The summed E-state index contributed by atoms with van der Waals surface area (Å²) in [6.45, 7) is 2.02. The predicted molar refractivity (Wildman–Crippen MR) is 84.8 cm³/mol. The van der Waals surface area contributed by atoms with Gasteiger partial charge in [0, 0.05) is 6.04 Å². The Hall–Kier alpha value is -2.33. The van der Waals surface area contributed by atoms with Crippen LogP contribution in [0.4, 0.5) is 5.69 Å². The zero-order valence-electron chi connectivity index (χ0n) is 11.8. The van der Waals surface area contributed by atoms with Crippen molar-refractivity contribution >= 4 is 27.6 Å². The number of hydrogen-bond donors (Lipinski definition) is 2. The summed E-state index contributed by atoms with van der Waals surface area (Å²) < 4.78 is 5.90. The summed E-state index contributed by atoms with van der Waals surface area (Å²) in [4.78, 5) is 12.5. The summed E-state index contributed by atoms with van der Waals surface area (Å²) in [7, 11) is 0. The van der Waals surface area contributed by atoms with E-state index in [2.05, 4.69) is 5.32 Å². The lowest BCUT2D eigenvalue weighted by molar-refractivity contribution is 0.272. The smallest absolute Gasteiger partial charge is 0.200 e. The van der Waals surface area contributed by atoms with Crippen LogP contribution in [-0.4, -0.2) is 17.8 Å². The summed E-state index contributed by atoms with van der Waals surface area (Å²) in [5, 5.41) is 13.7. The molecule has 3 aromatic rings. The second kappa shape index (κ2) is 5.58. The van der Waals surface area contributed by atoms with E-state index in [0.717, 1.165) is 12.1 Å². The molecule has 0 spiro atoms. The van der Waals surface area contributed by atoms with Crippen LogP contribution in [0.5, 0.6) is 0 Å². The predicted octanol–water partition coefficient (Wildman–Crippen LogP) is 3.13. The maximum absolute atomic E-state index is 12.5. The van der Waals surface area contributed by atoms with Crippen LogP contribution in [0.3, 0.4) is 0 Å². The number of benzene rings is 2. The quantitative estimate of drug-likeness (QED) is 0.722. The number of aliphatic hydroxyl groups is 1. The Kier molecular flexibility index (Phi) is 3.62. The topological polar surface area (TPSA) is 62.5 Å². The third kappa shape index (κ3) is 2.38. The first-order valence-electron chi connectivity index (χ1n) is 7.06. The van der Waals surface area contributed by atoms with Crippen LogP contribution in [0.2, 0.25) is 0 Å². The van der Waals surface area contributed by atoms with Gasteiger partial charge in [-0.3, -0.25) is 4.79 Å². The molecule has 0 amide bonds. The first-order valence-corrected chi connectivity index (χ1v) is 7.06. The molecule has 0 saturated heterocycles. The Morgan fingerprint density at radius 1 is 1.14 bits per heavy atom. The lowest BCUT2D eigenvalue weighted by atomic mass is 10.1. The normalized spacial score (nSPS) is 12.7. The fraction of sp³-hybridized carbons (Fsp3) is 0.235. The third-order valence-electron chi connectivity index (χ3n) is 3.68. The average molecular weight is 283 g/mol. The molecule has 1 heterocycles. The van der Waals surface area contributed by atoms with E-state index in [0.29, 0.717) is 21.9 Å². The molecule has 4 heteroatoms. The van der Waals surface area contributed by atoms with Crippen molar-refractivity contribution in [1.82, 2.24) is 0 Å². The Balaban J connectivity index is 2.25. The second-order valence-electron chi connectivity index (χ2n) is 5.04. The Labute approximate surface area is 122 Å². The van der Waals surface area contributed by atoms with Gasteiger partial charge in [-0.1, -0.05) is 25.1 Å². The number of para-hydroxylation sites is 2. The van der Waals surface area contributed by atoms with Gasteiger partial charge in [-0.05, 0) is 30.7 Å². The van der Waals surface area contributed by atoms with Crippen LogP contribution >= 0.6 is 0 Å². The molecule has 0 radical (unpaired) electrons. The largest absolute Gasteiger partial charge is 0.454 e. The number of fused-ring (bicyclic) bond motifs is 2. The van der Waals surface area contributed by atoms with Crippen molar-refractivity contribution in [2.75, 3.05) is 11.9 Å². The summed E-state index contributed by atoms with van der Waals surface area (Å²) in [6, 6.07) is 12.6. The van der Waals surface area contributed by atoms with E-state index in [-0.39, 0.29) is 18.1 Å². The first kappa shape index (κ1) is 13.6. The maximum atomic E-state index is 12.5. The van der Waals surface area contributed by atoms with Crippen LogP contribution in [0.15, 0.2) is 51.7 Å². The van der Waals surface area contributed by atoms with E-state index in [9.17, 15) is 9.90 Å². The molecule has 0 aliphatic carbocycles.